The summed E-state index contributed by atoms with van der Waals surface area (Å²) in [6.07, 6.45) is 4.19. The molecule has 0 aliphatic rings. The first kappa shape index (κ1) is 16.6. The van der Waals surface area contributed by atoms with Gasteiger partial charge in [-0.05, 0) is 31.0 Å². The van der Waals surface area contributed by atoms with Gasteiger partial charge in [-0.2, -0.15) is 0 Å². The Bertz CT molecular complexity index is 231. The highest BCUT2D eigenvalue weighted by molar-refractivity contribution is 6.74. The third-order valence-electron chi connectivity index (χ3n) is 3.55. The van der Waals surface area contributed by atoms with Gasteiger partial charge in [0.2, 0.25) is 0 Å². The minimum atomic E-state index is -1.59. The van der Waals surface area contributed by atoms with Crippen LogP contribution in [0.5, 0.6) is 0 Å². The van der Waals surface area contributed by atoms with E-state index >= 15 is 0 Å². The zero-order chi connectivity index (χ0) is 13.5. The van der Waals surface area contributed by atoms with Crippen LogP contribution in [0.3, 0.4) is 0 Å². The summed E-state index contributed by atoms with van der Waals surface area (Å²) in [5.41, 5.74) is 0. The fourth-order valence-electron chi connectivity index (χ4n) is 1.28. The van der Waals surface area contributed by atoms with E-state index in [1.54, 1.807) is 0 Å². The van der Waals surface area contributed by atoms with E-state index in [1.807, 2.05) is 0 Å². The first-order valence-electron chi connectivity index (χ1n) is 6.52. The third kappa shape index (κ3) is 7.55. The molecule has 0 amide bonds. The van der Waals surface area contributed by atoms with E-state index in [0.717, 1.165) is 32.3 Å². The highest BCUT2D eigenvalue weighted by atomic mass is 28.4. The Morgan fingerprint density at radius 3 is 2.12 bits per heavy atom. The molecule has 0 unspecified atom stereocenters. The number of rotatable bonds is 8. The summed E-state index contributed by atoms with van der Waals surface area (Å²) in [4.78, 5) is 10.3. The fraction of sp³-hybridized carbons (Fsp3) is 0.923. The SMILES string of the molecule is CC(C)(C)[Si](C)(C)OCCCCCCC(=O)O. The van der Waals surface area contributed by atoms with Crippen LogP contribution in [-0.4, -0.2) is 26.0 Å². The monoisotopic (exact) mass is 260 g/mol. The first-order valence-corrected chi connectivity index (χ1v) is 9.43. The Balaban J connectivity index is 3.55. The summed E-state index contributed by atoms with van der Waals surface area (Å²) < 4.78 is 6.04. The molecule has 0 saturated heterocycles. The number of hydrogen-bond donors (Lipinski definition) is 1. The van der Waals surface area contributed by atoms with Crippen molar-refractivity contribution in [2.45, 2.75) is 71.0 Å². The Kier molecular flexibility index (Phi) is 7.01. The summed E-state index contributed by atoms with van der Waals surface area (Å²) >= 11 is 0. The maximum absolute atomic E-state index is 10.3. The van der Waals surface area contributed by atoms with Crippen LogP contribution in [-0.2, 0) is 9.22 Å². The molecule has 0 spiro atoms. The Morgan fingerprint density at radius 1 is 1.12 bits per heavy atom. The highest BCUT2D eigenvalue weighted by Gasteiger charge is 2.36. The molecule has 0 atom stereocenters. The molecule has 0 rings (SSSR count). The van der Waals surface area contributed by atoms with Gasteiger partial charge in [0.1, 0.15) is 0 Å². The quantitative estimate of drug-likeness (QED) is 0.529. The van der Waals surface area contributed by atoms with Crippen molar-refractivity contribution in [2.24, 2.45) is 0 Å². The lowest BCUT2D eigenvalue weighted by Gasteiger charge is -2.36. The number of unbranched alkanes of at least 4 members (excludes halogenated alkanes) is 3. The largest absolute Gasteiger partial charge is 0.481 e. The zero-order valence-electron chi connectivity index (χ0n) is 12.0. The molecule has 3 nitrogen and oxygen atoms in total. The van der Waals surface area contributed by atoms with E-state index in [9.17, 15) is 4.79 Å². The first-order chi connectivity index (χ1) is 7.67. The lowest BCUT2D eigenvalue weighted by atomic mass is 10.1. The average Bonchev–Trinajstić information content (AvgIpc) is 2.13. The smallest absolute Gasteiger partial charge is 0.303 e. The van der Waals surface area contributed by atoms with Crippen LogP contribution in [0.4, 0.5) is 0 Å². The van der Waals surface area contributed by atoms with Crippen molar-refractivity contribution in [3.8, 4) is 0 Å². The maximum atomic E-state index is 10.3. The van der Waals surface area contributed by atoms with Crippen LogP contribution in [0.2, 0.25) is 18.1 Å². The molecule has 0 aromatic carbocycles. The van der Waals surface area contributed by atoms with Gasteiger partial charge in [0.25, 0.3) is 0 Å². The number of carbonyl (C=O) groups is 1. The molecule has 0 bridgehead atoms. The van der Waals surface area contributed by atoms with Crippen molar-refractivity contribution in [1.82, 2.24) is 0 Å². The van der Waals surface area contributed by atoms with Crippen LogP contribution in [0, 0.1) is 0 Å². The van der Waals surface area contributed by atoms with E-state index in [-0.39, 0.29) is 5.04 Å². The third-order valence-corrected chi connectivity index (χ3v) is 8.09. The van der Waals surface area contributed by atoms with Crippen molar-refractivity contribution < 1.29 is 14.3 Å². The molecule has 0 aromatic heterocycles. The van der Waals surface area contributed by atoms with Crippen molar-refractivity contribution in [1.29, 1.82) is 0 Å². The summed E-state index contributed by atoms with van der Waals surface area (Å²) in [6.45, 7) is 12.1. The molecule has 102 valence electrons. The van der Waals surface area contributed by atoms with Crippen LogP contribution in [0.25, 0.3) is 0 Å². The molecule has 0 saturated carbocycles. The maximum Gasteiger partial charge on any atom is 0.303 e. The van der Waals surface area contributed by atoms with Gasteiger partial charge in [-0.1, -0.05) is 33.6 Å². The van der Waals surface area contributed by atoms with Gasteiger partial charge in [0, 0.05) is 13.0 Å². The van der Waals surface area contributed by atoms with Gasteiger partial charge in [0.15, 0.2) is 8.32 Å². The summed E-state index contributed by atoms with van der Waals surface area (Å²) in [6, 6.07) is 0. The summed E-state index contributed by atoms with van der Waals surface area (Å²) in [7, 11) is -1.59. The molecule has 0 aliphatic carbocycles. The van der Waals surface area contributed by atoms with Crippen molar-refractivity contribution >= 4 is 14.3 Å². The molecule has 0 aromatic rings. The van der Waals surface area contributed by atoms with Crippen LogP contribution >= 0.6 is 0 Å². The Morgan fingerprint density at radius 2 is 1.65 bits per heavy atom. The van der Waals surface area contributed by atoms with Crippen LogP contribution in [0.15, 0.2) is 0 Å². The van der Waals surface area contributed by atoms with Gasteiger partial charge in [0.05, 0.1) is 0 Å². The van der Waals surface area contributed by atoms with Crippen molar-refractivity contribution in [3.05, 3.63) is 0 Å². The van der Waals surface area contributed by atoms with Gasteiger partial charge >= 0.3 is 5.97 Å². The van der Waals surface area contributed by atoms with Crippen LogP contribution in [0.1, 0.15) is 52.9 Å². The van der Waals surface area contributed by atoms with Crippen molar-refractivity contribution in [2.75, 3.05) is 6.61 Å². The van der Waals surface area contributed by atoms with Gasteiger partial charge in [-0.15, -0.1) is 0 Å². The number of carboxylic acids is 1. The Labute approximate surface area is 107 Å². The van der Waals surface area contributed by atoms with Gasteiger partial charge in [-0.25, -0.2) is 0 Å². The predicted octanol–water partition coefficient (Wildman–Crippen LogP) is 4.04. The molecule has 0 radical (unpaired) electrons. The molecule has 1 N–H and O–H groups in total. The summed E-state index contributed by atoms with van der Waals surface area (Å²) in [5, 5.41) is 8.77. The second kappa shape index (κ2) is 7.16. The molecule has 0 aliphatic heterocycles. The molecule has 4 heteroatoms. The number of hydrogen-bond acceptors (Lipinski definition) is 2. The number of carboxylic acid groups (broad SMARTS) is 1. The van der Waals surface area contributed by atoms with E-state index in [0.29, 0.717) is 6.42 Å². The topological polar surface area (TPSA) is 46.5 Å². The standard InChI is InChI=1S/C13H28O3Si/c1-13(2,3)17(4,5)16-11-9-7-6-8-10-12(14)15/h6-11H2,1-5H3,(H,14,15). The van der Waals surface area contributed by atoms with E-state index < -0.39 is 14.3 Å². The van der Waals surface area contributed by atoms with Gasteiger partial charge < -0.3 is 9.53 Å². The highest BCUT2D eigenvalue weighted by Crippen LogP contribution is 2.36. The molecular formula is C13H28O3Si. The minimum absolute atomic E-state index is 0.274. The molecule has 0 fully saturated rings. The molecule has 0 heterocycles. The van der Waals surface area contributed by atoms with Gasteiger partial charge in [-0.3, -0.25) is 4.79 Å². The molecular weight excluding hydrogens is 232 g/mol. The Hall–Kier alpha value is -0.353. The zero-order valence-corrected chi connectivity index (χ0v) is 13.0. The summed E-state index contributed by atoms with van der Waals surface area (Å²) in [5.74, 6) is -0.692. The minimum Gasteiger partial charge on any atom is -0.481 e. The van der Waals surface area contributed by atoms with Crippen molar-refractivity contribution in [3.63, 3.8) is 0 Å². The second-order valence-electron chi connectivity index (χ2n) is 6.17. The normalized spacial score (nSPS) is 12.8. The lowest BCUT2D eigenvalue weighted by molar-refractivity contribution is -0.137. The van der Waals surface area contributed by atoms with E-state index in [4.69, 9.17) is 9.53 Å². The predicted molar refractivity (Wildman–Crippen MR) is 73.9 cm³/mol. The van der Waals surface area contributed by atoms with E-state index in [2.05, 4.69) is 33.9 Å². The van der Waals surface area contributed by atoms with Crippen LogP contribution < -0.4 is 0 Å². The van der Waals surface area contributed by atoms with E-state index in [1.165, 1.54) is 0 Å². The average molecular weight is 260 g/mol. The lowest BCUT2D eigenvalue weighted by Crippen LogP contribution is -2.40. The second-order valence-corrected chi connectivity index (χ2v) is 11.0. The number of aliphatic carboxylic acids is 1. The fourth-order valence-corrected chi connectivity index (χ4v) is 2.36. The molecule has 17 heavy (non-hydrogen) atoms.